The van der Waals surface area contributed by atoms with Crippen molar-refractivity contribution in [3.8, 4) is 0 Å². The molecule has 0 aliphatic rings. The maximum absolute atomic E-state index is 8.33. The van der Waals surface area contributed by atoms with Crippen molar-refractivity contribution in [3.05, 3.63) is 0 Å². The second-order valence-electron chi connectivity index (χ2n) is 0.750. The summed E-state index contributed by atoms with van der Waals surface area (Å²) in [6.07, 6.45) is -7.00. The molecule has 0 aromatic carbocycles. The Hall–Kier alpha value is -2.43. The molecule has 120 valence electrons. The second-order valence-corrected chi connectivity index (χ2v) is 0.750. The Morgan fingerprint density at radius 2 is 0.389 bits per heavy atom. The zero-order chi connectivity index (χ0) is 10.7. The van der Waals surface area contributed by atoms with Crippen LogP contribution in [-0.4, -0.2) is 18.5 Å². The number of carboxylic acid groups (broad SMARTS) is 6. The fourth-order valence-corrected chi connectivity index (χ4v) is 0. The summed E-state index contributed by atoms with van der Waals surface area (Å²) in [5.74, 6) is 0. The van der Waals surface area contributed by atoms with E-state index in [1.165, 1.54) is 0 Å². The third-order valence-corrected chi connectivity index (χ3v) is 0. The van der Waals surface area contributed by atoms with E-state index in [4.69, 9.17) is 45.0 Å². The van der Waals surface area contributed by atoms with Gasteiger partial charge in [0.15, 0.2) is 0 Å². The van der Waals surface area contributed by atoms with E-state index in [0.717, 1.165) is 0 Å². The summed E-state index contributed by atoms with van der Waals surface area (Å²) in [6, 6.07) is 0. The molecular weight excluding hydrogens is 264 g/mol. The van der Waals surface area contributed by atoms with E-state index < -0.39 is 18.5 Å². The molecule has 0 bridgehead atoms. The highest BCUT2D eigenvalue weighted by atomic mass is 16.6. The zero-order valence-corrected chi connectivity index (χ0v) is 11.2. The molecule has 0 saturated heterocycles. The van der Waals surface area contributed by atoms with Gasteiger partial charge >= 0.3 is 0 Å². The molecule has 18 heavy (non-hydrogen) atoms. The molecule has 0 aliphatic heterocycles. The number of carbonyl (C=O) groups excluding carboxylic acids is 3. The topological polar surface area (TPSA) is 409 Å². The van der Waals surface area contributed by atoms with Crippen molar-refractivity contribution in [2.24, 2.45) is 0 Å². The van der Waals surface area contributed by atoms with Crippen molar-refractivity contribution < 1.29 is 45.0 Å². The quantitative estimate of drug-likeness (QED) is 0.247. The average molecular weight is 288 g/mol. The van der Waals surface area contributed by atoms with Gasteiger partial charge in [0.05, 0.1) is 0 Å². The fraction of sp³-hybridized carbons (Fsp3) is 0. The number of quaternary nitrogens is 6. The van der Waals surface area contributed by atoms with Gasteiger partial charge in [-0.2, -0.15) is 0 Å². The van der Waals surface area contributed by atoms with Crippen LogP contribution in [0.25, 0.3) is 0 Å². The first-order chi connectivity index (χ1) is 5.20. The van der Waals surface area contributed by atoms with Crippen LogP contribution >= 0.6 is 0 Å². The van der Waals surface area contributed by atoms with Gasteiger partial charge in [-0.1, -0.05) is 0 Å². The summed E-state index contributed by atoms with van der Waals surface area (Å²) in [7, 11) is 0. The molecule has 0 rings (SSSR count). The minimum Gasteiger partial charge on any atom is -0.652 e. The predicted molar refractivity (Wildman–Crippen MR) is 52.1 cm³/mol. The normalized spacial score (nSPS) is 4.00. The van der Waals surface area contributed by atoms with Crippen LogP contribution in [0.5, 0.6) is 0 Å². The highest BCUT2D eigenvalue weighted by Gasteiger charge is 1.27. The Morgan fingerprint density at radius 1 is 0.389 bits per heavy atom. The number of rotatable bonds is 0. The van der Waals surface area contributed by atoms with Gasteiger partial charge in [0, 0.05) is 0 Å². The molecule has 0 spiro atoms. The van der Waals surface area contributed by atoms with E-state index in [-0.39, 0.29) is 36.9 Å². The molecule has 0 unspecified atom stereocenters. The standard InChI is InChI=1S/3CH2O3.6H3N/c3*2-1(3)4;;;;;;/h3*(H2,2,3,4);6*1H3. The smallest absolute Gasteiger partial charge is 0.0431 e. The van der Waals surface area contributed by atoms with Crippen LogP contribution in [0.4, 0.5) is 14.4 Å². The summed E-state index contributed by atoms with van der Waals surface area (Å²) in [5.41, 5.74) is 0. The number of hydrogen-bond acceptors (Lipinski definition) is 9. The lowest BCUT2D eigenvalue weighted by Gasteiger charge is -1.96. The molecule has 15 heteroatoms. The van der Waals surface area contributed by atoms with Gasteiger partial charge in [0.25, 0.3) is 0 Å². The molecular formula is C3H24N6O9. The monoisotopic (exact) mass is 288 g/mol. The van der Waals surface area contributed by atoms with Gasteiger partial charge < -0.3 is 81.9 Å². The third-order valence-electron chi connectivity index (χ3n) is 0. The van der Waals surface area contributed by atoms with Gasteiger partial charge in [-0.05, 0) is 18.5 Å². The van der Waals surface area contributed by atoms with E-state index in [0.29, 0.717) is 0 Å². The van der Waals surface area contributed by atoms with Gasteiger partial charge in [0.2, 0.25) is 0 Å². The van der Waals surface area contributed by atoms with Crippen molar-refractivity contribution in [1.82, 2.24) is 36.9 Å². The highest BCUT2D eigenvalue weighted by Crippen LogP contribution is 1.21. The molecule has 0 aromatic heterocycles. The van der Waals surface area contributed by atoms with Gasteiger partial charge in [-0.25, -0.2) is 0 Å². The molecule has 0 aliphatic carbocycles. The van der Waals surface area contributed by atoms with Crippen LogP contribution in [0, 0.1) is 0 Å². The van der Waals surface area contributed by atoms with Gasteiger partial charge in [-0.3, -0.25) is 0 Å². The Balaban J connectivity index is -0.00000000827. The largest absolute Gasteiger partial charge is 0.652 e. The first-order valence-corrected chi connectivity index (χ1v) is 1.84. The molecule has 15 nitrogen and oxygen atoms in total. The lowest BCUT2D eigenvalue weighted by Crippen LogP contribution is -2.37. The summed E-state index contributed by atoms with van der Waals surface area (Å²) >= 11 is 0. The summed E-state index contributed by atoms with van der Waals surface area (Å²) in [6.45, 7) is 0. The Labute approximate surface area is 102 Å². The minimum absolute atomic E-state index is 0. The Kier molecular flexibility index (Phi) is 264. The maximum Gasteiger partial charge on any atom is -0.0431 e. The third kappa shape index (κ3) is 363. The first-order valence-electron chi connectivity index (χ1n) is 1.84. The van der Waals surface area contributed by atoms with E-state index in [1.54, 1.807) is 0 Å². The lowest BCUT2D eigenvalue weighted by atomic mass is 11.5. The van der Waals surface area contributed by atoms with Crippen LogP contribution in [0.1, 0.15) is 0 Å². The molecule has 0 heterocycles. The Bertz CT molecular complexity index is 124. The van der Waals surface area contributed by atoms with E-state index in [9.17, 15) is 0 Å². The average Bonchev–Trinajstić information content (AvgIpc) is 1.54. The molecule has 0 amide bonds. The van der Waals surface area contributed by atoms with E-state index in [2.05, 4.69) is 0 Å². The first kappa shape index (κ1) is 76.6. The second kappa shape index (κ2) is 62.2. The van der Waals surface area contributed by atoms with Gasteiger partial charge in [-0.15, -0.1) is 0 Å². The van der Waals surface area contributed by atoms with Gasteiger partial charge in [0.1, 0.15) is 0 Å². The van der Waals surface area contributed by atoms with Crippen molar-refractivity contribution in [3.63, 3.8) is 0 Å². The summed E-state index contributed by atoms with van der Waals surface area (Å²) in [5, 5.41) is 50.0. The van der Waals surface area contributed by atoms with E-state index >= 15 is 0 Å². The molecule has 0 saturated carbocycles. The van der Waals surface area contributed by atoms with Crippen LogP contribution < -0.4 is 67.5 Å². The molecule has 0 radical (unpaired) electrons. The van der Waals surface area contributed by atoms with E-state index in [1.807, 2.05) is 0 Å². The van der Waals surface area contributed by atoms with Crippen molar-refractivity contribution in [2.45, 2.75) is 0 Å². The Morgan fingerprint density at radius 3 is 0.389 bits per heavy atom. The molecule has 24 N–H and O–H groups in total. The van der Waals surface area contributed by atoms with Crippen molar-refractivity contribution in [1.29, 1.82) is 0 Å². The fourth-order valence-electron chi connectivity index (χ4n) is 0. The molecule has 0 aromatic rings. The highest BCUT2D eigenvalue weighted by molar-refractivity contribution is 5.48. The van der Waals surface area contributed by atoms with Crippen LogP contribution in [0.15, 0.2) is 0 Å². The van der Waals surface area contributed by atoms with Crippen LogP contribution in [-0.2, 0) is 0 Å². The lowest BCUT2D eigenvalue weighted by molar-refractivity contribution is -0.417. The number of carbonyl (C=O) groups is 3. The van der Waals surface area contributed by atoms with Crippen LogP contribution in [0.2, 0.25) is 0 Å². The summed E-state index contributed by atoms with van der Waals surface area (Å²) in [4.78, 5) is 25.0. The molecule has 0 fully saturated rings. The minimum atomic E-state index is -2.33. The summed E-state index contributed by atoms with van der Waals surface area (Å²) < 4.78 is 0. The van der Waals surface area contributed by atoms with Crippen molar-refractivity contribution in [2.75, 3.05) is 0 Å². The predicted octanol–water partition coefficient (Wildman–Crippen LogP) is -5.08. The van der Waals surface area contributed by atoms with Crippen molar-refractivity contribution >= 4 is 18.5 Å². The van der Waals surface area contributed by atoms with Crippen LogP contribution in [0.3, 0.4) is 0 Å². The molecule has 0 atom stereocenters. The zero-order valence-electron chi connectivity index (χ0n) is 11.2. The SMILES string of the molecule is O=C([O-])[O-].O=C([O-])[O-].O=C([O-])[O-].[NH4+].[NH4+].[NH4+].[NH4+].[NH4+].[NH4+]. The maximum atomic E-state index is 8.33. The number of hydrogen-bond donors (Lipinski definition) is 6.